The molecule has 0 spiro atoms. The van der Waals surface area contributed by atoms with Crippen molar-refractivity contribution in [1.82, 2.24) is 15.2 Å². The van der Waals surface area contributed by atoms with Gasteiger partial charge >= 0.3 is 0 Å². The van der Waals surface area contributed by atoms with E-state index in [4.69, 9.17) is 5.73 Å². The fourth-order valence-corrected chi connectivity index (χ4v) is 2.15. The van der Waals surface area contributed by atoms with Gasteiger partial charge < -0.3 is 16.0 Å². The van der Waals surface area contributed by atoms with Crippen LogP contribution in [0.25, 0.3) is 0 Å². The lowest BCUT2D eigenvalue weighted by molar-refractivity contribution is 0.0820. The van der Waals surface area contributed by atoms with Crippen LogP contribution in [0.15, 0.2) is 12.1 Å². The Morgan fingerprint density at radius 2 is 2.10 bits per heavy atom. The van der Waals surface area contributed by atoms with E-state index in [-0.39, 0.29) is 17.9 Å². The molecule has 0 aromatic carbocycles. The number of pyridine rings is 1. The number of nitrogens with zero attached hydrogens (tertiary/aromatic N) is 2. The number of carbonyl (C=O) groups is 2. The molecule has 2 amide bonds. The molecule has 114 valence electrons. The van der Waals surface area contributed by atoms with E-state index in [2.05, 4.69) is 10.3 Å². The Bertz CT molecular complexity index is 553. The molecule has 6 heteroatoms. The summed E-state index contributed by atoms with van der Waals surface area (Å²) in [6.07, 6.45) is 2.30. The Balaban J connectivity index is 2.02. The van der Waals surface area contributed by atoms with Crippen LogP contribution in [0.4, 0.5) is 0 Å². The molecule has 1 aliphatic rings. The average molecular weight is 290 g/mol. The van der Waals surface area contributed by atoms with E-state index in [1.54, 1.807) is 33.2 Å². The van der Waals surface area contributed by atoms with E-state index in [1.165, 1.54) is 4.90 Å². The number of aryl methyl sites for hydroxylation is 1. The SMILES string of the molecule is Cc1nc(C(=O)N(C)C)ccc1C(=O)NCC(N)C1CC1. The van der Waals surface area contributed by atoms with Gasteiger partial charge in [0.05, 0.1) is 11.3 Å². The number of hydrogen-bond acceptors (Lipinski definition) is 4. The summed E-state index contributed by atoms with van der Waals surface area (Å²) in [6, 6.07) is 3.24. The molecule has 2 rings (SSSR count). The smallest absolute Gasteiger partial charge is 0.271 e. The molecular formula is C15H22N4O2. The Kier molecular flexibility index (Phi) is 4.57. The molecule has 21 heavy (non-hydrogen) atoms. The monoisotopic (exact) mass is 290 g/mol. The first kappa shape index (κ1) is 15.4. The molecule has 1 aliphatic carbocycles. The zero-order valence-electron chi connectivity index (χ0n) is 12.7. The molecule has 0 bridgehead atoms. The molecule has 1 heterocycles. The highest BCUT2D eigenvalue weighted by Gasteiger charge is 2.28. The summed E-state index contributed by atoms with van der Waals surface area (Å²) in [7, 11) is 3.33. The highest BCUT2D eigenvalue weighted by molar-refractivity contribution is 5.97. The molecule has 0 radical (unpaired) electrons. The predicted octanol–water partition coefficient (Wildman–Crippen LogP) is 0.559. The van der Waals surface area contributed by atoms with Crippen LogP contribution < -0.4 is 11.1 Å². The molecular weight excluding hydrogens is 268 g/mol. The molecule has 1 aromatic heterocycles. The molecule has 1 saturated carbocycles. The van der Waals surface area contributed by atoms with Gasteiger partial charge in [0.1, 0.15) is 5.69 Å². The first-order chi connectivity index (χ1) is 9.90. The third-order valence-electron chi connectivity index (χ3n) is 3.68. The molecule has 3 N–H and O–H groups in total. The molecule has 0 saturated heterocycles. The van der Waals surface area contributed by atoms with E-state index in [1.807, 2.05) is 0 Å². The quantitative estimate of drug-likeness (QED) is 0.829. The van der Waals surface area contributed by atoms with Gasteiger partial charge in [0.25, 0.3) is 11.8 Å². The van der Waals surface area contributed by atoms with Gasteiger partial charge in [0.15, 0.2) is 0 Å². The van der Waals surface area contributed by atoms with Crippen LogP contribution in [0.3, 0.4) is 0 Å². The van der Waals surface area contributed by atoms with Crippen molar-refractivity contribution in [3.05, 3.63) is 29.1 Å². The van der Waals surface area contributed by atoms with Crippen molar-refractivity contribution in [2.45, 2.75) is 25.8 Å². The van der Waals surface area contributed by atoms with Crippen molar-refractivity contribution in [2.75, 3.05) is 20.6 Å². The van der Waals surface area contributed by atoms with E-state index in [9.17, 15) is 9.59 Å². The van der Waals surface area contributed by atoms with Crippen molar-refractivity contribution in [3.63, 3.8) is 0 Å². The maximum atomic E-state index is 12.1. The van der Waals surface area contributed by atoms with E-state index >= 15 is 0 Å². The van der Waals surface area contributed by atoms with Crippen molar-refractivity contribution in [1.29, 1.82) is 0 Å². The fourth-order valence-electron chi connectivity index (χ4n) is 2.15. The lowest BCUT2D eigenvalue weighted by atomic mass is 10.1. The van der Waals surface area contributed by atoms with Crippen molar-refractivity contribution < 1.29 is 9.59 Å². The van der Waals surface area contributed by atoms with Crippen LogP contribution in [0.2, 0.25) is 0 Å². The second-order valence-electron chi connectivity index (χ2n) is 5.74. The summed E-state index contributed by atoms with van der Waals surface area (Å²) in [5, 5.41) is 2.83. The van der Waals surface area contributed by atoms with Crippen LogP contribution in [-0.2, 0) is 0 Å². The number of amides is 2. The normalized spacial score (nSPS) is 15.4. The molecule has 1 unspecified atom stereocenters. The van der Waals surface area contributed by atoms with Crippen molar-refractivity contribution in [3.8, 4) is 0 Å². The topological polar surface area (TPSA) is 88.3 Å². The predicted molar refractivity (Wildman–Crippen MR) is 80.0 cm³/mol. The third-order valence-corrected chi connectivity index (χ3v) is 3.68. The van der Waals surface area contributed by atoms with Crippen LogP contribution in [0.5, 0.6) is 0 Å². The van der Waals surface area contributed by atoms with E-state index in [0.29, 0.717) is 29.4 Å². The molecule has 1 aromatic rings. The van der Waals surface area contributed by atoms with Crippen LogP contribution in [0.1, 0.15) is 39.4 Å². The second-order valence-corrected chi connectivity index (χ2v) is 5.74. The number of hydrogen-bond donors (Lipinski definition) is 2. The summed E-state index contributed by atoms with van der Waals surface area (Å²) in [4.78, 5) is 29.6. The summed E-state index contributed by atoms with van der Waals surface area (Å²) >= 11 is 0. The first-order valence-corrected chi connectivity index (χ1v) is 7.13. The Morgan fingerprint density at radius 1 is 1.43 bits per heavy atom. The lowest BCUT2D eigenvalue weighted by Crippen LogP contribution is -2.38. The minimum Gasteiger partial charge on any atom is -0.350 e. The summed E-state index contributed by atoms with van der Waals surface area (Å²) in [5.74, 6) is 0.172. The highest BCUT2D eigenvalue weighted by atomic mass is 16.2. The zero-order valence-corrected chi connectivity index (χ0v) is 12.7. The fraction of sp³-hybridized carbons (Fsp3) is 0.533. The standard InChI is InChI=1S/C15H22N4O2/c1-9-11(6-7-13(18-9)15(21)19(2)3)14(20)17-8-12(16)10-4-5-10/h6-7,10,12H,4-5,8,16H2,1-3H3,(H,17,20). The lowest BCUT2D eigenvalue weighted by Gasteiger charge is -2.14. The van der Waals surface area contributed by atoms with Crippen LogP contribution >= 0.6 is 0 Å². The Labute approximate surface area is 124 Å². The number of carbonyl (C=O) groups excluding carboxylic acids is 2. The molecule has 6 nitrogen and oxygen atoms in total. The molecule has 1 atom stereocenters. The van der Waals surface area contributed by atoms with Gasteiger partial charge in [-0.2, -0.15) is 0 Å². The summed E-state index contributed by atoms with van der Waals surface area (Å²) in [5.41, 5.74) is 7.32. The molecule has 1 fully saturated rings. The summed E-state index contributed by atoms with van der Waals surface area (Å²) in [6.45, 7) is 2.20. The van der Waals surface area contributed by atoms with Gasteiger partial charge in [-0.3, -0.25) is 9.59 Å². The number of nitrogens with two attached hydrogens (primary N) is 1. The van der Waals surface area contributed by atoms with Crippen molar-refractivity contribution in [2.24, 2.45) is 11.7 Å². The van der Waals surface area contributed by atoms with Gasteiger partial charge in [-0.15, -0.1) is 0 Å². The Morgan fingerprint density at radius 3 is 2.62 bits per heavy atom. The van der Waals surface area contributed by atoms with Gasteiger partial charge in [-0.05, 0) is 37.8 Å². The maximum absolute atomic E-state index is 12.1. The summed E-state index contributed by atoms with van der Waals surface area (Å²) < 4.78 is 0. The van der Waals surface area contributed by atoms with Gasteiger partial charge in [-0.1, -0.05) is 0 Å². The van der Waals surface area contributed by atoms with E-state index in [0.717, 1.165) is 12.8 Å². The number of rotatable bonds is 5. The van der Waals surface area contributed by atoms with Gasteiger partial charge in [0.2, 0.25) is 0 Å². The minimum absolute atomic E-state index is 0.0248. The first-order valence-electron chi connectivity index (χ1n) is 7.13. The second kappa shape index (κ2) is 6.22. The van der Waals surface area contributed by atoms with Gasteiger partial charge in [-0.25, -0.2) is 4.98 Å². The number of nitrogens with one attached hydrogen (secondary N) is 1. The highest BCUT2D eigenvalue weighted by Crippen LogP contribution is 2.31. The average Bonchev–Trinajstić information content (AvgIpc) is 3.27. The largest absolute Gasteiger partial charge is 0.350 e. The maximum Gasteiger partial charge on any atom is 0.271 e. The minimum atomic E-state index is -0.194. The van der Waals surface area contributed by atoms with Crippen LogP contribution in [-0.4, -0.2) is 48.4 Å². The Hall–Kier alpha value is -1.95. The number of aromatic nitrogens is 1. The van der Waals surface area contributed by atoms with E-state index < -0.39 is 0 Å². The third kappa shape index (κ3) is 3.78. The van der Waals surface area contributed by atoms with Gasteiger partial charge in [0, 0.05) is 26.7 Å². The molecule has 0 aliphatic heterocycles. The van der Waals surface area contributed by atoms with Crippen molar-refractivity contribution >= 4 is 11.8 Å². The van der Waals surface area contributed by atoms with Crippen LogP contribution in [0, 0.1) is 12.8 Å². The zero-order chi connectivity index (χ0) is 15.6.